The number of aromatic nitrogens is 2. The highest BCUT2D eigenvalue weighted by atomic mass is 16.1. The lowest BCUT2D eigenvalue weighted by Crippen LogP contribution is -2.15. The lowest BCUT2D eigenvalue weighted by Gasteiger charge is -2.20. The summed E-state index contributed by atoms with van der Waals surface area (Å²) < 4.78 is 0. The molecule has 0 amide bonds. The first-order chi connectivity index (χ1) is 9.69. The van der Waals surface area contributed by atoms with Crippen molar-refractivity contribution in [3.63, 3.8) is 0 Å². The third-order valence-electron chi connectivity index (χ3n) is 5.17. The normalized spacial score (nSPS) is 28.3. The van der Waals surface area contributed by atoms with Crippen molar-refractivity contribution in [2.45, 2.75) is 32.1 Å². The zero-order valence-corrected chi connectivity index (χ0v) is 11.3. The Labute approximate surface area is 116 Å². The number of nitrogens with one attached hydrogen (secondary N) is 2. The molecule has 4 rings (SSSR count). The van der Waals surface area contributed by atoms with Crippen LogP contribution in [0.15, 0.2) is 23.0 Å². The van der Waals surface area contributed by atoms with Gasteiger partial charge >= 0.3 is 5.69 Å². The van der Waals surface area contributed by atoms with E-state index >= 15 is 0 Å². The van der Waals surface area contributed by atoms with Gasteiger partial charge in [0, 0.05) is 12.0 Å². The number of benzene rings is 1. The van der Waals surface area contributed by atoms with Crippen molar-refractivity contribution in [3.05, 3.63) is 34.2 Å². The van der Waals surface area contributed by atoms with E-state index in [9.17, 15) is 9.59 Å². The Balaban J connectivity index is 1.56. The predicted octanol–water partition coefficient (Wildman–Crippen LogP) is 2.87. The molecule has 0 spiro atoms. The molecule has 1 aromatic heterocycles. The van der Waals surface area contributed by atoms with Crippen LogP contribution in [0.25, 0.3) is 11.0 Å². The number of carbonyl (C=O) groups is 1. The van der Waals surface area contributed by atoms with Crippen LogP contribution in [0.1, 0.15) is 42.5 Å². The number of ketones is 1. The Morgan fingerprint density at radius 2 is 2.00 bits per heavy atom. The first-order valence-electron chi connectivity index (χ1n) is 7.44. The molecule has 2 aliphatic rings. The van der Waals surface area contributed by atoms with Gasteiger partial charge in [-0.2, -0.15) is 0 Å². The predicted molar refractivity (Wildman–Crippen MR) is 76.8 cm³/mol. The molecule has 2 bridgehead atoms. The van der Waals surface area contributed by atoms with Gasteiger partial charge in [-0.25, -0.2) is 4.79 Å². The number of carbonyl (C=O) groups excluding carboxylic acids is 1. The molecule has 0 saturated heterocycles. The van der Waals surface area contributed by atoms with Crippen LogP contribution in [0.3, 0.4) is 0 Å². The number of Topliss-reactive ketones (excluding diaryl/α,β-unsaturated/α-hetero) is 1. The fourth-order valence-electron chi connectivity index (χ4n) is 4.19. The van der Waals surface area contributed by atoms with Crippen LogP contribution in [-0.2, 0) is 0 Å². The third-order valence-corrected chi connectivity index (χ3v) is 5.17. The summed E-state index contributed by atoms with van der Waals surface area (Å²) in [6, 6.07) is 5.42. The molecule has 3 unspecified atom stereocenters. The molecule has 20 heavy (non-hydrogen) atoms. The van der Waals surface area contributed by atoms with E-state index in [1.54, 1.807) is 12.1 Å². The molecule has 1 aromatic carbocycles. The Hall–Kier alpha value is -1.84. The maximum absolute atomic E-state index is 12.4. The van der Waals surface area contributed by atoms with Crippen molar-refractivity contribution >= 4 is 16.8 Å². The van der Waals surface area contributed by atoms with Gasteiger partial charge in [0.05, 0.1) is 11.0 Å². The largest absolute Gasteiger partial charge is 0.323 e. The van der Waals surface area contributed by atoms with Gasteiger partial charge in [0.15, 0.2) is 5.78 Å². The van der Waals surface area contributed by atoms with Crippen molar-refractivity contribution in [2.75, 3.05) is 0 Å². The van der Waals surface area contributed by atoms with E-state index < -0.39 is 0 Å². The number of aromatic amines is 2. The maximum Gasteiger partial charge on any atom is 0.323 e. The van der Waals surface area contributed by atoms with Crippen molar-refractivity contribution in [2.24, 2.45) is 17.8 Å². The third kappa shape index (κ3) is 1.90. The maximum atomic E-state index is 12.4. The molecule has 4 heteroatoms. The molecule has 0 radical (unpaired) electrons. The molecule has 1 heterocycles. The van der Waals surface area contributed by atoms with Gasteiger partial charge in [-0.15, -0.1) is 0 Å². The summed E-state index contributed by atoms with van der Waals surface area (Å²) in [7, 11) is 0. The Morgan fingerprint density at radius 3 is 2.75 bits per heavy atom. The van der Waals surface area contributed by atoms with Crippen molar-refractivity contribution in [3.8, 4) is 0 Å². The van der Waals surface area contributed by atoms with Crippen LogP contribution >= 0.6 is 0 Å². The average molecular weight is 270 g/mol. The summed E-state index contributed by atoms with van der Waals surface area (Å²) in [4.78, 5) is 29.1. The SMILES string of the molecule is O=C(CC1CC2CCC1C2)c1ccc2[nH]c(=O)[nH]c2c1. The van der Waals surface area contributed by atoms with Crippen molar-refractivity contribution < 1.29 is 4.79 Å². The van der Waals surface area contributed by atoms with E-state index in [0.29, 0.717) is 17.9 Å². The highest BCUT2D eigenvalue weighted by Gasteiger charge is 2.40. The van der Waals surface area contributed by atoms with Crippen LogP contribution < -0.4 is 5.69 Å². The quantitative estimate of drug-likeness (QED) is 0.842. The van der Waals surface area contributed by atoms with E-state index in [2.05, 4.69) is 9.97 Å². The molecular formula is C16H18N2O2. The van der Waals surface area contributed by atoms with Gasteiger partial charge in [0.2, 0.25) is 0 Å². The molecule has 4 nitrogen and oxygen atoms in total. The highest BCUT2D eigenvalue weighted by molar-refractivity contribution is 5.99. The molecule has 0 aliphatic heterocycles. The molecule has 104 valence electrons. The first-order valence-corrected chi connectivity index (χ1v) is 7.44. The standard InChI is InChI=1S/C16H18N2O2/c19-15(8-12-6-9-1-2-10(12)5-9)11-3-4-13-14(7-11)18-16(20)17-13/h3-4,7,9-10,12H,1-2,5-6,8H2,(H2,17,18,20). The lowest BCUT2D eigenvalue weighted by molar-refractivity contribution is 0.0944. The lowest BCUT2D eigenvalue weighted by atomic mass is 9.84. The summed E-state index contributed by atoms with van der Waals surface area (Å²) in [5.74, 6) is 2.45. The van der Waals surface area contributed by atoms with Crippen LogP contribution in [-0.4, -0.2) is 15.8 Å². The molecule has 2 aliphatic carbocycles. The van der Waals surface area contributed by atoms with Crippen LogP contribution in [0.2, 0.25) is 0 Å². The first kappa shape index (κ1) is 11.9. The van der Waals surface area contributed by atoms with Gasteiger partial charge in [-0.1, -0.05) is 6.42 Å². The average Bonchev–Trinajstić information content (AvgIpc) is 3.10. The number of rotatable bonds is 3. The molecule has 2 fully saturated rings. The van der Waals surface area contributed by atoms with Gasteiger partial charge in [0.1, 0.15) is 0 Å². The summed E-state index contributed by atoms with van der Waals surface area (Å²) in [5.41, 5.74) is 1.97. The number of imidazole rings is 1. The summed E-state index contributed by atoms with van der Waals surface area (Å²) >= 11 is 0. The Morgan fingerprint density at radius 1 is 1.15 bits per heavy atom. The number of fused-ring (bicyclic) bond motifs is 3. The monoisotopic (exact) mass is 270 g/mol. The topological polar surface area (TPSA) is 65.7 Å². The second kappa shape index (κ2) is 4.33. The van der Waals surface area contributed by atoms with Gasteiger partial charge in [-0.05, 0) is 55.2 Å². The van der Waals surface area contributed by atoms with Crippen LogP contribution in [0.4, 0.5) is 0 Å². The molecular weight excluding hydrogens is 252 g/mol. The molecule has 2 aromatic rings. The second-order valence-electron chi connectivity index (χ2n) is 6.40. The molecule has 2 N–H and O–H groups in total. The smallest absolute Gasteiger partial charge is 0.306 e. The summed E-state index contributed by atoms with van der Waals surface area (Å²) in [6.07, 6.45) is 5.92. The number of H-pyrrole nitrogens is 2. The van der Waals surface area contributed by atoms with Crippen molar-refractivity contribution in [1.29, 1.82) is 0 Å². The van der Waals surface area contributed by atoms with E-state index in [1.807, 2.05) is 6.07 Å². The van der Waals surface area contributed by atoms with Crippen LogP contribution in [0, 0.1) is 17.8 Å². The zero-order chi connectivity index (χ0) is 13.7. The minimum Gasteiger partial charge on any atom is -0.306 e. The Bertz CT molecular complexity index is 727. The van der Waals surface area contributed by atoms with Crippen LogP contribution in [0.5, 0.6) is 0 Å². The van der Waals surface area contributed by atoms with E-state index in [4.69, 9.17) is 0 Å². The minimum absolute atomic E-state index is 0.214. The van der Waals surface area contributed by atoms with Gasteiger partial charge in [-0.3, -0.25) is 4.79 Å². The minimum atomic E-state index is -0.224. The highest BCUT2D eigenvalue weighted by Crippen LogP contribution is 2.49. The number of hydrogen-bond donors (Lipinski definition) is 2. The fourth-order valence-corrected chi connectivity index (χ4v) is 4.19. The summed E-state index contributed by atoms with van der Waals surface area (Å²) in [6.45, 7) is 0. The molecule has 3 atom stereocenters. The fraction of sp³-hybridized carbons (Fsp3) is 0.500. The van der Waals surface area contributed by atoms with Gasteiger partial charge in [0.25, 0.3) is 0 Å². The second-order valence-corrected chi connectivity index (χ2v) is 6.40. The molecule has 2 saturated carbocycles. The zero-order valence-electron chi connectivity index (χ0n) is 11.3. The van der Waals surface area contributed by atoms with Crippen molar-refractivity contribution in [1.82, 2.24) is 9.97 Å². The summed E-state index contributed by atoms with van der Waals surface area (Å²) in [5, 5.41) is 0. The number of hydrogen-bond acceptors (Lipinski definition) is 2. The van der Waals surface area contributed by atoms with Gasteiger partial charge < -0.3 is 9.97 Å². The van der Waals surface area contributed by atoms with E-state index in [0.717, 1.165) is 22.9 Å². The van der Waals surface area contributed by atoms with E-state index in [-0.39, 0.29) is 11.5 Å². The van der Waals surface area contributed by atoms with E-state index in [1.165, 1.54) is 25.7 Å². The Kier molecular flexibility index (Phi) is 2.59.